The molecule has 0 amide bonds. The molecule has 0 bridgehead atoms. The lowest BCUT2D eigenvalue weighted by molar-refractivity contribution is 0.869. The van der Waals surface area contributed by atoms with Crippen molar-refractivity contribution in [2.45, 2.75) is 6.92 Å². The van der Waals surface area contributed by atoms with E-state index in [0.29, 0.717) is 5.02 Å². The lowest BCUT2D eigenvalue weighted by atomic mass is 10.2. The number of benzene rings is 1. The Balaban J connectivity index is 2.63. The molecule has 72 valence electrons. The summed E-state index contributed by atoms with van der Waals surface area (Å²) in [6.07, 6.45) is 1.79. The zero-order chi connectivity index (χ0) is 10.1. The van der Waals surface area contributed by atoms with Crippen LogP contribution in [0.4, 0.5) is 0 Å². The fourth-order valence-corrected chi connectivity index (χ4v) is 1.84. The SMILES string of the molecule is Cc1ccc(-n2[nH]ccc2=S)c(Cl)c1. The summed E-state index contributed by atoms with van der Waals surface area (Å²) in [5.41, 5.74) is 2.02. The Hall–Kier alpha value is -1.06. The highest BCUT2D eigenvalue weighted by Crippen LogP contribution is 2.21. The molecule has 1 N–H and O–H groups in total. The predicted molar refractivity (Wildman–Crippen MR) is 60.7 cm³/mol. The second kappa shape index (κ2) is 3.59. The van der Waals surface area contributed by atoms with Crippen molar-refractivity contribution in [3.8, 4) is 5.69 Å². The molecule has 1 aromatic carbocycles. The van der Waals surface area contributed by atoms with Crippen LogP contribution in [0.5, 0.6) is 0 Å². The Morgan fingerprint density at radius 3 is 2.71 bits per heavy atom. The standard InChI is InChI=1S/C10H9ClN2S/c1-7-2-3-9(8(11)6-7)13-10(14)4-5-12-13/h2-6,12H,1H3. The highest BCUT2D eigenvalue weighted by Gasteiger charge is 2.02. The fourth-order valence-electron chi connectivity index (χ4n) is 1.30. The lowest BCUT2D eigenvalue weighted by Gasteiger charge is -2.05. The molecular formula is C10H9ClN2S. The molecule has 2 rings (SSSR count). The maximum atomic E-state index is 6.11. The van der Waals surface area contributed by atoms with Crippen molar-refractivity contribution in [1.82, 2.24) is 9.78 Å². The quantitative estimate of drug-likeness (QED) is 0.736. The zero-order valence-corrected chi connectivity index (χ0v) is 9.19. The van der Waals surface area contributed by atoms with Crippen molar-refractivity contribution in [1.29, 1.82) is 0 Å². The van der Waals surface area contributed by atoms with E-state index in [1.807, 2.05) is 31.2 Å². The van der Waals surface area contributed by atoms with E-state index in [9.17, 15) is 0 Å². The Morgan fingerprint density at radius 2 is 2.14 bits per heavy atom. The molecule has 0 unspecified atom stereocenters. The minimum atomic E-state index is 0.698. The summed E-state index contributed by atoms with van der Waals surface area (Å²) in [4.78, 5) is 0. The van der Waals surface area contributed by atoms with Gasteiger partial charge in [-0.05, 0) is 30.7 Å². The van der Waals surface area contributed by atoms with E-state index in [4.69, 9.17) is 23.8 Å². The summed E-state index contributed by atoms with van der Waals surface area (Å²) >= 11 is 11.2. The molecule has 0 saturated carbocycles. The molecule has 2 aromatic rings. The first-order valence-electron chi connectivity index (χ1n) is 4.21. The van der Waals surface area contributed by atoms with Gasteiger partial charge in [-0.1, -0.05) is 29.9 Å². The molecule has 0 radical (unpaired) electrons. The van der Waals surface area contributed by atoms with Crippen LogP contribution in [0.25, 0.3) is 5.69 Å². The van der Waals surface area contributed by atoms with Crippen LogP contribution in [-0.4, -0.2) is 9.78 Å². The number of nitrogens with zero attached hydrogens (tertiary/aromatic N) is 1. The van der Waals surface area contributed by atoms with Crippen LogP contribution in [0.15, 0.2) is 30.5 Å². The second-order valence-electron chi connectivity index (χ2n) is 3.09. The lowest BCUT2D eigenvalue weighted by Crippen LogP contribution is -1.96. The molecule has 0 aliphatic rings. The van der Waals surface area contributed by atoms with Gasteiger partial charge in [0.2, 0.25) is 0 Å². The van der Waals surface area contributed by atoms with Gasteiger partial charge in [-0.3, -0.25) is 0 Å². The summed E-state index contributed by atoms with van der Waals surface area (Å²) in [5, 5.41) is 3.71. The first-order chi connectivity index (χ1) is 6.68. The van der Waals surface area contributed by atoms with Crippen LogP contribution in [0.2, 0.25) is 5.02 Å². The molecule has 1 heterocycles. The topological polar surface area (TPSA) is 20.7 Å². The van der Waals surface area contributed by atoms with Crippen molar-refractivity contribution in [3.05, 3.63) is 45.7 Å². The van der Waals surface area contributed by atoms with E-state index in [1.165, 1.54) is 0 Å². The molecule has 0 atom stereocenters. The summed E-state index contributed by atoms with van der Waals surface area (Å²) in [6.45, 7) is 2.00. The van der Waals surface area contributed by atoms with Gasteiger partial charge in [-0.25, -0.2) is 4.68 Å². The van der Waals surface area contributed by atoms with Gasteiger partial charge in [0.15, 0.2) is 0 Å². The van der Waals surface area contributed by atoms with Gasteiger partial charge in [0, 0.05) is 6.20 Å². The number of H-pyrrole nitrogens is 1. The van der Waals surface area contributed by atoms with E-state index in [2.05, 4.69) is 5.10 Å². The average Bonchev–Trinajstić information content (AvgIpc) is 2.52. The highest BCUT2D eigenvalue weighted by atomic mass is 35.5. The number of hydrogen-bond acceptors (Lipinski definition) is 1. The van der Waals surface area contributed by atoms with Crippen molar-refractivity contribution in [3.63, 3.8) is 0 Å². The summed E-state index contributed by atoms with van der Waals surface area (Å²) in [5.74, 6) is 0. The molecule has 0 saturated heterocycles. The Bertz CT molecular complexity index is 513. The Kier molecular flexibility index (Phi) is 2.44. The number of hydrogen-bond donors (Lipinski definition) is 1. The fraction of sp³-hybridized carbons (Fsp3) is 0.100. The number of nitrogens with one attached hydrogen (secondary N) is 1. The highest BCUT2D eigenvalue weighted by molar-refractivity contribution is 7.71. The van der Waals surface area contributed by atoms with E-state index >= 15 is 0 Å². The van der Waals surface area contributed by atoms with Crippen molar-refractivity contribution in [2.75, 3.05) is 0 Å². The Morgan fingerprint density at radius 1 is 1.36 bits per heavy atom. The van der Waals surface area contributed by atoms with Crippen molar-refractivity contribution >= 4 is 23.8 Å². The number of halogens is 1. The third-order valence-corrected chi connectivity index (χ3v) is 2.62. The summed E-state index contributed by atoms with van der Waals surface area (Å²) in [7, 11) is 0. The van der Waals surface area contributed by atoms with Crippen LogP contribution in [0, 0.1) is 11.6 Å². The molecule has 0 aliphatic carbocycles. The minimum Gasteiger partial charge on any atom is -0.300 e. The molecule has 2 nitrogen and oxygen atoms in total. The summed E-state index contributed by atoms with van der Waals surface area (Å²) < 4.78 is 2.49. The zero-order valence-electron chi connectivity index (χ0n) is 7.62. The molecule has 0 fully saturated rings. The maximum Gasteiger partial charge on any atom is 0.127 e. The molecular weight excluding hydrogens is 216 g/mol. The van der Waals surface area contributed by atoms with Crippen molar-refractivity contribution in [2.24, 2.45) is 0 Å². The van der Waals surface area contributed by atoms with Gasteiger partial charge in [0.1, 0.15) is 4.64 Å². The minimum absolute atomic E-state index is 0.698. The Labute approximate surface area is 92.1 Å². The monoisotopic (exact) mass is 224 g/mol. The van der Waals surface area contributed by atoms with Crippen molar-refractivity contribution < 1.29 is 0 Å². The second-order valence-corrected chi connectivity index (χ2v) is 3.92. The smallest absolute Gasteiger partial charge is 0.127 e. The van der Waals surface area contributed by atoms with E-state index in [1.54, 1.807) is 10.9 Å². The van der Waals surface area contributed by atoms with Crippen LogP contribution >= 0.6 is 23.8 Å². The average molecular weight is 225 g/mol. The van der Waals surface area contributed by atoms with Crippen LogP contribution in [0.3, 0.4) is 0 Å². The van der Waals surface area contributed by atoms with E-state index in [-0.39, 0.29) is 0 Å². The third kappa shape index (κ3) is 1.61. The van der Waals surface area contributed by atoms with Gasteiger partial charge >= 0.3 is 0 Å². The molecule has 14 heavy (non-hydrogen) atoms. The first-order valence-corrected chi connectivity index (χ1v) is 5.00. The van der Waals surface area contributed by atoms with Gasteiger partial charge < -0.3 is 5.10 Å². The molecule has 1 aromatic heterocycles. The number of aromatic amines is 1. The van der Waals surface area contributed by atoms with Crippen LogP contribution < -0.4 is 0 Å². The number of rotatable bonds is 1. The molecule has 0 spiro atoms. The largest absolute Gasteiger partial charge is 0.300 e. The van der Waals surface area contributed by atoms with Crippen LogP contribution in [-0.2, 0) is 0 Å². The third-order valence-electron chi connectivity index (χ3n) is 1.99. The predicted octanol–water partition coefficient (Wildman–Crippen LogP) is 3.50. The maximum absolute atomic E-state index is 6.11. The van der Waals surface area contributed by atoms with Gasteiger partial charge in [0.25, 0.3) is 0 Å². The first kappa shape index (κ1) is 9.49. The number of aryl methyl sites for hydroxylation is 1. The van der Waals surface area contributed by atoms with E-state index < -0.39 is 0 Å². The van der Waals surface area contributed by atoms with Crippen LogP contribution in [0.1, 0.15) is 5.56 Å². The van der Waals surface area contributed by atoms with Gasteiger partial charge in [0.05, 0.1) is 10.7 Å². The summed E-state index contributed by atoms with van der Waals surface area (Å²) in [6, 6.07) is 7.69. The molecule has 4 heteroatoms. The van der Waals surface area contributed by atoms with E-state index in [0.717, 1.165) is 15.9 Å². The number of aromatic nitrogens is 2. The molecule has 0 aliphatic heterocycles. The van der Waals surface area contributed by atoms with Gasteiger partial charge in [-0.2, -0.15) is 0 Å². The normalized spacial score (nSPS) is 10.4. The van der Waals surface area contributed by atoms with Gasteiger partial charge in [-0.15, -0.1) is 0 Å².